The second-order valence-corrected chi connectivity index (χ2v) is 6.13. The van der Waals surface area contributed by atoms with E-state index >= 15 is 0 Å². The zero-order valence-corrected chi connectivity index (χ0v) is 12.1. The van der Waals surface area contributed by atoms with E-state index in [9.17, 15) is 9.59 Å². The molecular formula is C15H26N2O3. The molecule has 2 fully saturated rings. The van der Waals surface area contributed by atoms with Crippen LogP contribution in [0.2, 0.25) is 0 Å². The van der Waals surface area contributed by atoms with Crippen LogP contribution in [0.15, 0.2) is 0 Å². The summed E-state index contributed by atoms with van der Waals surface area (Å²) in [5.41, 5.74) is 0. The highest BCUT2D eigenvalue weighted by Gasteiger charge is 2.28. The molecule has 1 unspecified atom stereocenters. The Morgan fingerprint density at radius 2 is 1.75 bits per heavy atom. The van der Waals surface area contributed by atoms with E-state index < -0.39 is 5.97 Å². The van der Waals surface area contributed by atoms with Crippen LogP contribution in [0.4, 0.5) is 4.79 Å². The first-order valence-electron chi connectivity index (χ1n) is 7.93. The Morgan fingerprint density at radius 1 is 1.05 bits per heavy atom. The van der Waals surface area contributed by atoms with Crippen LogP contribution in [0.25, 0.3) is 0 Å². The molecule has 1 aliphatic carbocycles. The molecule has 1 saturated heterocycles. The van der Waals surface area contributed by atoms with Crippen molar-refractivity contribution in [3.05, 3.63) is 0 Å². The first-order valence-corrected chi connectivity index (χ1v) is 7.93. The molecule has 0 spiro atoms. The molecule has 1 aliphatic heterocycles. The Kier molecular flexibility index (Phi) is 5.68. The summed E-state index contributed by atoms with van der Waals surface area (Å²) in [6.45, 7) is 1.43. The lowest BCUT2D eigenvalue weighted by atomic mass is 9.89. The highest BCUT2D eigenvalue weighted by atomic mass is 16.4. The van der Waals surface area contributed by atoms with Gasteiger partial charge in [-0.3, -0.25) is 4.79 Å². The minimum absolute atomic E-state index is 0.0663. The summed E-state index contributed by atoms with van der Waals surface area (Å²) in [4.78, 5) is 24.9. The monoisotopic (exact) mass is 282 g/mol. The van der Waals surface area contributed by atoms with Crippen LogP contribution in [0.5, 0.6) is 0 Å². The molecule has 114 valence electrons. The Hall–Kier alpha value is -1.26. The van der Waals surface area contributed by atoms with Gasteiger partial charge in [0.2, 0.25) is 0 Å². The van der Waals surface area contributed by atoms with E-state index in [1.807, 2.05) is 0 Å². The number of nitrogens with zero attached hydrogens (tertiary/aromatic N) is 1. The number of carboxylic acid groups (broad SMARTS) is 1. The number of carbonyl (C=O) groups excluding carboxylic acids is 1. The van der Waals surface area contributed by atoms with Crippen molar-refractivity contribution in [3.8, 4) is 0 Å². The van der Waals surface area contributed by atoms with Crippen molar-refractivity contribution in [1.82, 2.24) is 10.2 Å². The van der Waals surface area contributed by atoms with E-state index in [-0.39, 0.29) is 18.5 Å². The number of hydrogen-bond acceptors (Lipinski definition) is 2. The molecule has 0 aromatic rings. The van der Waals surface area contributed by atoms with Gasteiger partial charge in [-0.2, -0.15) is 0 Å². The number of urea groups is 1. The molecule has 5 nitrogen and oxygen atoms in total. The SMILES string of the molecule is O=C(O)CC1CCCCN1C(=O)NCC1CCCCC1. The van der Waals surface area contributed by atoms with Gasteiger partial charge in [0.05, 0.1) is 6.42 Å². The van der Waals surface area contributed by atoms with E-state index in [1.54, 1.807) is 4.90 Å². The summed E-state index contributed by atoms with van der Waals surface area (Å²) in [5.74, 6) is -0.211. The quantitative estimate of drug-likeness (QED) is 0.832. The Labute approximate surface area is 120 Å². The topological polar surface area (TPSA) is 69.6 Å². The maximum absolute atomic E-state index is 12.3. The van der Waals surface area contributed by atoms with Gasteiger partial charge in [-0.1, -0.05) is 19.3 Å². The molecule has 0 aromatic heterocycles. The number of nitrogens with one attached hydrogen (secondary N) is 1. The molecule has 2 aliphatic rings. The van der Waals surface area contributed by atoms with Gasteiger partial charge in [0.1, 0.15) is 0 Å². The van der Waals surface area contributed by atoms with Crippen LogP contribution in [0.1, 0.15) is 57.8 Å². The number of rotatable bonds is 4. The number of carboxylic acids is 1. The normalized spacial score (nSPS) is 24.4. The summed E-state index contributed by atoms with van der Waals surface area (Å²) in [6.07, 6.45) is 9.14. The van der Waals surface area contributed by atoms with Gasteiger partial charge in [-0.25, -0.2) is 4.79 Å². The van der Waals surface area contributed by atoms with Gasteiger partial charge in [0.25, 0.3) is 0 Å². The highest BCUT2D eigenvalue weighted by Crippen LogP contribution is 2.23. The number of likely N-dealkylation sites (tertiary alicyclic amines) is 1. The predicted octanol–water partition coefficient (Wildman–Crippen LogP) is 2.61. The Morgan fingerprint density at radius 3 is 2.45 bits per heavy atom. The lowest BCUT2D eigenvalue weighted by molar-refractivity contribution is -0.138. The average Bonchev–Trinajstić information content (AvgIpc) is 2.46. The fourth-order valence-electron chi connectivity index (χ4n) is 3.41. The Balaban J connectivity index is 1.80. The van der Waals surface area contributed by atoms with Gasteiger partial charge in [-0.05, 0) is 38.0 Å². The van der Waals surface area contributed by atoms with Crippen LogP contribution in [0, 0.1) is 5.92 Å². The largest absolute Gasteiger partial charge is 0.481 e. The first-order chi connectivity index (χ1) is 9.66. The average molecular weight is 282 g/mol. The fourth-order valence-corrected chi connectivity index (χ4v) is 3.41. The lowest BCUT2D eigenvalue weighted by Crippen LogP contribution is -2.50. The van der Waals surface area contributed by atoms with Crippen LogP contribution in [-0.2, 0) is 4.79 Å². The van der Waals surface area contributed by atoms with E-state index in [1.165, 1.54) is 32.1 Å². The number of amides is 2. The second kappa shape index (κ2) is 7.50. The summed E-state index contributed by atoms with van der Waals surface area (Å²) in [5, 5.41) is 12.0. The lowest BCUT2D eigenvalue weighted by Gasteiger charge is -2.35. The molecule has 1 saturated carbocycles. The number of carbonyl (C=O) groups is 2. The van der Waals surface area contributed by atoms with Crippen LogP contribution >= 0.6 is 0 Å². The molecule has 1 heterocycles. The first kappa shape index (κ1) is 15.1. The third-order valence-electron chi connectivity index (χ3n) is 4.56. The molecule has 20 heavy (non-hydrogen) atoms. The fraction of sp³-hybridized carbons (Fsp3) is 0.867. The van der Waals surface area contributed by atoms with Gasteiger partial charge >= 0.3 is 12.0 Å². The standard InChI is InChI=1S/C15H26N2O3/c18-14(19)10-13-8-4-5-9-17(13)15(20)16-11-12-6-2-1-3-7-12/h12-13H,1-11H2,(H,16,20)(H,18,19). The third kappa shape index (κ3) is 4.39. The zero-order valence-electron chi connectivity index (χ0n) is 12.1. The Bertz CT molecular complexity index is 340. The maximum atomic E-state index is 12.3. The van der Waals surface area contributed by atoms with Gasteiger partial charge in [-0.15, -0.1) is 0 Å². The number of aliphatic carboxylic acids is 1. The van der Waals surface area contributed by atoms with Gasteiger partial charge < -0.3 is 15.3 Å². The van der Waals surface area contributed by atoms with Crippen molar-refractivity contribution in [2.45, 2.75) is 63.8 Å². The van der Waals surface area contributed by atoms with E-state index in [4.69, 9.17) is 5.11 Å². The smallest absolute Gasteiger partial charge is 0.317 e. The van der Waals surface area contributed by atoms with E-state index in [2.05, 4.69) is 5.32 Å². The second-order valence-electron chi connectivity index (χ2n) is 6.13. The van der Waals surface area contributed by atoms with Crippen LogP contribution < -0.4 is 5.32 Å². The highest BCUT2D eigenvalue weighted by molar-refractivity contribution is 5.76. The minimum atomic E-state index is -0.818. The van der Waals surface area contributed by atoms with Crippen molar-refractivity contribution in [2.24, 2.45) is 5.92 Å². The summed E-state index contributed by atoms with van der Waals surface area (Å²) in [7, 11) is 0. The molecular weight excluding hydrogens is 256 g/mol. The van der Waals surface area contributed by atoms with E-state index in [0.29, 0.717) is 12.5 Å². The summed E-state index contributed by atoms with van der Waals surface area (Å²) < 4.78 is 0. The molecule has 2 amide bonds. The maximum Gasteiger partial charge on any atom is 0.317 e. The molecule has 0 aromatic carbocycles. The van der Waals surface area contributed by atoms with Crippen molar-refractivity contribution in [3.63, 3.8) is 0 Å². The zero-order chi connectivity index (χ0) is 14.4. The molecule has 2 N–H and O–H groups in total. The molecule has 2 rings (SSSR count). The van der Waals surface area contributed by atoms with Crippen LogP contribution in [0.3, 0.4) is 0 Å². The van der Waals surface area contributed by atoms with Gasteiger partial charge in [0.15, 0.2) is 0 Å². The molecule has 1 atom stereocenters. The third-order valence-corrected chi connectivity index (χ3v) is 4.56. The summed E-state index contributed by atoms with van der Waals surface area (Å²) >= 11 is 0. The van der Waals surface area contributed by atoms with Crippen LogP contribution in [-0.4, -0.2) is 41.1 Å². The molecule has 0 radical (unpaired) electrons. The molecule has 5 heteroatoms. The predicted molar refractivity (Wildman–Crippen MR) is 76.6 cm³/mol. The van der Waals surface area contributed by atoms with Crippen molar-refractivity contribution in [2.75, 3.05) is 13.1 Å². The van der Waals surface area contributed by atoms with Crippen molar-refractivity contribution < 1.29 is 14.7 Å². The minimum Gasteiger partial charge on any atom is -0.481 e. The van der Waals surface area contributed by atoms with E-state index in [0.717, 1.165) is 25.8 Å². The van der Waals surface area contributed by atoms with Crippen molar-refractivity contribution in [1.29, 1.82) is 0 Å². The molecule has 0 bridgehead atoms. The van der Waals surface area contributed by atoms with Gasteiger partial charge in [0, 0.05) is 19.1 Å². The summed E-state index contributed by atoms with van der Waals surface area (Å²) in [6, 6.07) is -0.200. The number of hydrogen-bond donors (Lipinski definition) is 2. The van der Waals surface area contributed by atoms with Crippen molar-refractivity contribution >= 4 is 12.0 Å². The number of piperidine rings is 1.